The highest BCUT2D eigenvalue weighted by atomic mass is 32.5. The molecule has 7 N–H and O–H groups in total. The SMILES string of the molecule is Nc1ccn([C@@H]2O[C@H](CO)[C@H](O)[C@H]2[SH]=P(O)(O)O)c(=O)n1. The first-order valence-corrected chi connectivity index (χ1v) is 9.13. The van der Waals surface area contributed by atoms with Crippen LogP contribution >= 0.6 is 6.72 Å². The van der Waals surface area contributed by atoms with Gasteiger partial charge in [-0.15, -0.1) is 10.9 Å². The average molecular weight is 341 g/mol. The molecule has 21 heavy (non-hydrogen) atoms. The van der Waals surface area contributed by atoms with Gasteiger partial charge in [0.25, 0.3) is 6.72 Å². The van der Waals surface area contributed by atoms with Crippen LogP contribution in [0.2, 0.25) is 0 Å². The van der Waals surface area contributed by atoms with E-state index in [-0.39, 0.29) is 16.8 Å². The highest BCUT2D eigenvalue weighted by molar-refractivity contribution is 8.16. The van der Waals surface area contributed by atoms with Crippen LogP contribution in [0.4, 0.5) is 5.82 Å². The molecule has 0 unspecified atom stereocenters. The fourth-order valence-corrected chi connectivity index (χ4v) is 4.87. The van der Waals surface area contributed by atoms with Gasteiger partial charge in [0, 0.05) is 6.20 Å². The molecule has 0 aliphatic carbocycles. The molecule has 0 amide bonds. The van der Waals surface area contributed by atoms with Crippen molar-refractivity contribution in [2.24, 2.45) is 0 Å². The quantitative estimate of drug-likeness (QED) is 0.222. The van der Waals surface area contributed by atoms with Crippen LogP contribution in [0.1, 0.15) is 6.23 Å². The fourth-order valence-electron chi connectivity index (χ4n) is 2.03. The average Bonchev–Trinajstić information content (AvgIpc) is 2.65. The zero-order valence-electron chi connectivity index (χ0n) is 10.6. The Morgan fingerprint density at radius 1 is 1.48 bits per heavy atom. The minimum atomic E-state index is -4.23. The molecule has 0 spiro atoms. The monoisotopic (exact) mass is 341 g/mol. The Bertz CT molecular complexity index is 624. The van der Waals surface area contributed by atoms with E-state index in [1.807, 2.05) is 0 Å². The van der Waals surface area contributed by atoms with Crippen molar-refractivity contribution in [3.05, 3.63) is 22.7 Å². The maximum absolute atomic E-state index is 11.8. The molecule has 2 rings (SSSR count). The number of aromatic nitrogens is 2. The Morgan fingerprint density at radius 2 is 2.14 bits per heavy atom. The lowest BCUT2D eigenvalue weighted by molar-refractivity contribution is -0.0456. The second-order valence-corrected chi connectivity index (χ2v) is 8.63. The predicted octanol–water partition coefficient (Wildman–Crippen LogP) is -3.09. The van der Waals surface area contributed by atoms with Gasteiger partial charge in [0.1, 0.15) is 11.9 Å². The summed E-state index contributed by atoms with van der Waals surface area (Å²) < 4.78 is 6.35. The van der Waals surface area contributed by atoms with Crippen molar-refractivity contribution in [1.29, 1.82) is 0 Å². The molecule has 120 valence electrons. The van der Waals surface area contributed by atoms with E-state index < -0.39 is 42.7 Å². The topological polar surface area (TPSA) is 171 Å². The first-order chi connectivity index (χ1) is 9.73. The number of ether oxygens (including phenoxy) is 1. The van der Waals surface area contributed by atoms with Gasteiger partial charge in [0.15, 0.2) is 6.23 Å². The number of hydrogen-bond donors (Lipinski definition) is 7. The lowest BCUT2D eigenvalue weighted by Gasteiger charge is -2.20. The summed E-state index contributed by atoms with van der Waals surface area (Å²) in [7, 11) is -0.291. The van der Waals surface area contributed by atoms with Crippen LogP contribution in [0.5, 0.6) is 0 Å². The molecule has 1 fully saturated rings. The van der Waals surface area contributed by atoms with E-state index in [2.05, 4.69) is 4.98 Å². The summed E-state index contributed by atoms with van der Waals surface area (Å²) in [5.41, 5.74) is 4.61. The van der Waals surface area contributed by atoms with Gasteiger partial charge < -0.3 is 35.4 Å². The highest BCUT2D eigenvalue weighted by Gasteiger charge is 2.44. The Labute approximate surface area is 122 Å². The van der Waals surface area contributed by atoms with Crippen LogP contribution < -0.4 is 11.4 Å². The number of thiol groups is 1. The summed E-state index contributed by atoms with van der Waals surface area (Å²) in [6, 6.07) is 1.33. The van der Waals surface area contributed by atoms with Crippen LogP contribution in [0, 0.1) is 0 Å². The van der Waals surface area contributed by atoms with Gasteiger partial charge in [-0.1, -0.05) is 0 Å². The van der Waals surface area contributed by atoms with Crippen LogP contribution in [0.3, 0.4) is 0 Å². The van der Waals surface area contributed by atoms with Gasteiger partial charge in [-0.25, -0.2) is 4.79 Å². The molecule has 12 heteroatoms. The summed E-state index contributed by atoms with van der Waals surface area (Å²) in [4.78, 5) is 42.9. The molecule has 1 aliphatic rings. The molecule has 2 heterocycles. The van der Waals surface area contributed by atoms with E-state index in [0.717, 1.165) is 4.57 Å². The fraction of sp³-hybridized carbons (Fsp3) is 0.556. The van der Waals surface area contributed by atoms with E-state index in [1.165, 1.54) is 12.3 Å². The summed E-state index contributed by atoms with van der Waals surface area (Å²) in [5.74, 6) is -0.00377. The first-order valence-electron chi connectivity index (χ1n) is 5.81. The third-order valence-electron chi connectivity index (χ3n) is 2.93. The van der Waals surface area contributed by atoms with Gasteiger partial charge in [-0.05, 0) is 6.07 Å². The Balaban J connectivity index is 2.46. The normalized spacial score (nSPS) is 29.8. The third kappa shape index (κ3) is 3.71. The Morgan fingerprint density at radius 3 is 2.67 bits per heavy atom. The van der Waals surface area contributed by atoms with E-state index in [4.69, 9.17) is 15.6 Å². The smallest absolute Gasteiger partial charge is 0.351 e. The van der Waals surface area contributed by atoms with Crippen LogP contribution in [-0.4, -0.2) is 58.5 Å². The van der Waals surface area contributed by atoms with Crippen molar-refractivity contribution in [3.8, 4) is 0 Å². The van der Waals surface area contributed by atoms with Crippen molar-refractivity contribution in [1.82, 2.24) is 9.55 Å². The molecule has 0 bridgehead atoms. The molecule has 4 atom stereocenters. The minimum absolute atomic E-state index is 0.00377. The highest BCUT2D eigenvalue weighted by Crippen LogP contribution is 2.39. The number of hydrogen-bond acceptors (Lipinski definition) is 6. The van der Waals surface area contributed by atoms with Gasteiger partial charge in [0.2, 0.25) is 0 Å². The second kappa shape index (κ2) is 6.15. The second-order valence-electron chi connectivity index (χ2n) is 4.42. The van der Waals surface area contributed by atoms with Gasteiger partial charge in [-0.3, -0.25) is 4.57 Å². The molecular weight excluding hydrogens is 325 g/mol. The molecule has 1 aromatic rings. The summed E-state index contributed by atoms with van der Waals surface area (Å²) in [6.45, 7) is -4.76. The molecular formula is C9H16N3O7PS. The molecule has 0 radical (unpaired) electrons. The van der Waals surface area contributed by atoms with E-state index >= 15 is 0 Å². The number of aliphatic hydroxyl groups excluding tert-OH is 2. The van der Waals surface area contributed by atoms with Crippen molar-refractivity contribution in [2.45, 2.75) is 23.7 Å². The van der Waals surface area contributed by atoms with Gasteiger partial charge >= 0.3 is 5.69 Å². The predicted molar refractivity (Wildman–Crippen MR) is 76.0 cm³/mol. The summed E-state index contributed by atoms with van der Waals surface area (Å²) in [5, 5.41) is 18.1. The Hall–Kier alpha value is -0.780. The molecule has 1 aliphatic heterocycles. The largest absolute Gasteiger partial charge is 0.394 e. The maximum atomic E-state index is 11.8. The number of nitrogen functional groups attached to an aromatic ring is 1. The minimum Gasteiger partial charge on any atom is -0.394 e. The van der Waals surface area contributed by atoms with Crippen molar-refractivity contribution < 1.29 is 29.6 Å². The molecule has 1 aromatic heterocycles. The van der Waals surface area contributed by atoms with Crippen molar-refractivity contribution in [3.63, 3.8) is 0 Å². The van der Waals surface area contributed by atoms with Gasteiger partial charge in [0.05, 0.1) is 18.0 Å². The molecule has 10 nitrogen and oxygen atoms in total. The number of rotatable bonds is 3. The summed E-state index contributed by atoms with van der Waals surface area (Å²) >= 11 is 0. The van der Waals surface area contributed by atoms with Crippen LogP contribution in [0.15, 0.2) is 17.1 Å². The lowest BCUT2D eigenvalue weighted by Crippen LogP contribution is -2.36. The van der Waals surface area contributed by atoms with Gasteiger partial charge in [-0.2, -0.15) is 4.98 Å². The molecule has 1 saturated heterocycles. The lowest BCUT2D eigenvalue weighted by atomic mass is 10.2. The Kier molecular flexibility index (Phi) is 4.85. The maximum Gasteiger partial charge on any atom is 0.351 e. The summed E-state index contributed by atoms with van der Waals surface area (Å²) in [6.07, 6.45) is -2.16. The zero-order chi connectivity index (χ0) is 15.8. The van der Waals surface area contributed by atoms with Crippen molar-refractivity contribution in [2.75, 3.05) is 12.3 Å². The van der Waals surface area contributed by atoms with E-state index in [1.54, 1.807) is 0 Å². The number of aliphatic hydroxyl groups is 2. The number of nitrogens with two attached hydrogens (primary N) is 1. The molecule has 0 aromatic carbocycles. The van der Waals surface area contributed by atoms with E-state index in [0.29, 0.717) is 0 Å². The number of anilines is 1. The van der Waals surface area contributed by atoms with Crippen LogP contribution in [0.25, 0.3) is 0 Å². The van der Waals surface area contributed by atoms with Crippen LogP contribution in [-0.2, 0) is 15.7 Å². The first kappa shape index (κ1) is 16.6. The standard InChI is InChI=1S/C9H16N3O7PS/c10-5-1-2-12(9(15)11-5)8-7(21-20(16,17)18)6(14)4(3-13)19-8/h1-2,4,6-8,13-14,16-18,21H,3H2,(H2,10,11,15)/t4-,6+,7-,8-/m1/s1. The molecule has 0 saturated carbocycles. The van der Waals surface area contributed by atoms with Crippen molar-refractivity contribution >= 4 is 23.5 Å². The zero-order valence-corrected chi connectivity index (χ0v) is 12.4. The van der Waals surface area contributed by atoms with E-state index in [9.17, 15) is 24.6 Å². The third-order valence-corrected chi connectivity index (χ3v) is 5.80. The number of nitrogens with zero attached hydrogens (tertiary/aromatic N) is 2.